The van der Waals surface area contributed by atoms with E-state index in [2.05, 4.69) is 5.32 Å². The van der Waals surface area contributed by atoms with Crippen LogP contribution in [0.1, 0.15) is 34.1 Å². The van der Waals surface area contributed by atoms with Crippen molar-refractivity contribution in [1.29, 1.82) is 0 Å². The molecule has 29 heavy (non-hydrogen) atoms. The number of nitrogens with one attached hydrogen (secondary N) is 1. The molecule has 0 aliphatic carbocycles. The van der Waals surface area contributed by atoms with Crippen LogP contribution >= 0.6 is 0 Å². The second-order valence-corrected chi connectivity index (χ2v) is 6.31. The van der Waals surface area contributed by atoms with Crippen LogP contribution in [0, 0.1) is 11.6 Å². The van der Waals surface area contributed by atoms with E-state index in [0.717, 1.165) is 23.1 Å². The van der Waals surface area contributed by atoms with Crippen molar-refractivity contribution >= 4 is 29.4 Å². The smallest absolute Gasteiger partial charge is 0.308 e. The molecule has 0 bridgehead atoms. The molecular weight excluding hydrogens is 386 g/mol. The number of carbonyl (C=O) groups excluding carboxylic acids is 4. The van der Waals surface area contributed by atoms with Crippen LogP contribution in [-0.4, -0.2) is 41.2 Å². The summed E-state index contributed by atoms with van der Waals surface area (Å²) in [5.74, 6) is -4.73. The van der Waals surface area contributed by atoms with Crippen molar-refractivity contribution < 1.29 is 32.7 Å². The highest BCUT2D eigenvalue weighted by Gasteiger charge is 2.35. The SMILES string of the molecule is C[C@@H](OC(=O)CCN1C(=O)c2ccccc2C1=O)C(=O)Nc1ccc(F)c(F)c1. The molecule has 1 N–H and O–H groups in total. The number of esters is 1. The second-order valence-electron chi connectivity index (χ2n) is 6.31. The van der Waals surface area contributed by atoms with Gasteiger partial charge in [0.05, 0.1) is 17.5 Å². The maximum Gasteiger partial charge on any atom is 0.308 e. The number of hydrogen-bond donors (Lipinski definition) is 1. The monoisotopic (exact) mass is 402 g/mol. The quantitative estimate of drug-likeness (QED) is 0.592. The van der Waals surface area contributed by atoms with Crippen LogP contribution in [0.4, 0.5) is 14.5 Å². The Kier molecular flexibility index (Phi) is 5.67. The molecule has 1 aliphatic rings. The van der Waals surface area contributed by atoms with Crippen molar-refractivity contribution in [2.45, 2.75) is 19.4 Å². The van der Waals surface area contributed by atoms with E-state index in [1.54, 1.807) is 12.1 Å². The van der Waals surface area contributed by atoms with Gasteiger partial charge in [0.1, 0.15) is 0 Å². The second kappa shape index (κ2) is 8.17. The highest BCUT2D eigenvalue weighted by molar-refractivity contribution is 6.21. The maximum atomic E-state index is 13.2. The lowest BCUT2D eigenvalue weighted by Gasteiger charge is -2.16. The van der Waals surface area contributed by atoms with Crippen molar-refractivity contribution in [2.24, 2.45) is 0 Å². The summed E-state index contributed by atoms with van der Waals surface area (Å²) >= 11 is 0. The van der Waals surface area contributed by atoms with Gasteiger partial charge in [-0.15, -0.1) is 0 Å². The molecule has 1 heterocycles. The summed E-state index contributed by atoms with van der Waals surface area (Å²) in [5.41, 5.74) is 0.540. The van der Waals surface area contributed by atoms with Gasteiger partial charge in [-0.05, 0) is 31.2 Å². The number of ether oxygens (including phenoxy) is 1. The van der Waals surface area contributed by atoms with E-state index < -0.39 is 41.4 Å². The number of carbonyl (C=O) groups is 4. The molecule has 0 saturated carbocycles. The standard InChI is InChI=1S/C20H16F2N2O5/c1-11(18(26)23-12-6-7-15(21)16(22)10-12)29-17(25)8-9-24-19(27)13-4-2-3-5-14(13)20(24)28/h2-7,10-11H,8-9H2,1H3,(H,23,26)/t11-/m1/s1. The fraction of sp³-hybridized carbons (Fsp3) is 0.200. The van der Waals surface area contributed by atoms with Crippen molar-refractivity contribution in [1.82, 2.24) is 4.90 Å². The van der Waals surface area contributed by atoms with Crippen LogP contribution in [0.5, 0.6) is 0 Å². The van der Waals surface area contributed by atoms with Crippen molar-refractivity contribution in [3.05, 3.63) is 65.2 Å². The maximum absolute atomic E-state index is 13.2. The Balaban J connectivity index is 1.51. The Morgan fingerprint density at radius 3 is 2.24 bits per heavy atom. The number of hydrogen-bond acceptors (Lipinski definition) is 5. The molecule has 2 aromatic rings. The van der Waals surface area contributed by atoms with Crippen molar-refractivity contribution in [3.8, 4) is 0 Å². The first-order valence-electron chi connectivity index (χ1n) is 8.68. The molecule has 0 aromatic heterocycles. The molecule has 1 atom stereocenters. The van der Waals surface area contributed by atoms with Crippen LogP contribution < -0.4 is 5.32 Å². The van der Waals surface area contributed by atoms with Crippen molar-refractivity contribution in [3.63, 3.8) is 0 Å². The zero-order valence-corrected chi connectivity index (χ0v) is 15.3. The Morgan fingerprint density at radius 2 is 1.66 bits per heavy atom. The van der Waals surface area contributed by atoms with Gasteiger partial charge in [0.15, 0.2) is 17.7 Å². The van der Waals surface area contributed by atoms with Gasteiger partial charge in [0.2, 0.25) is 0 Å². The summed E-state index contributed by atoms with van der Waals surface area (Å²) in [5, 5.41) is 2.30. The van der Waals surface area contributed by atoms with Gasteiger partial charge in [-0.3, -0.25) is 24.1 Å². The zero-order chi connectivity index (χ0) is 21.1. The van der Waals surface area contributed by atoms with Crippen LogP contribution in [0.2, 0.25) is 0 Å². The number of anilines is 1. The molecule has 1 aliphatic heterocycles. The molecule has 2 aromatic carbocycles. The Labute approximate surface area is 164 Å². The highest BCUT2D eigenvalue weighted by Crippen LogP contribution is 2.22. The first kappa shape index (κ1) is 20.1. The number of fused-ring (bicyclic) bond motifs is 1. The Morgan fingerprint density at radius 1 is 1.03 bits per heavy atom. The van der Waals surface area contributed by atoms with Gasteiger partial charge in [-0.2, -0.15) is 0 Å². The summed E-state index contributed by atoms with van der Waals surface area (Å²) < 4.78 is 31.1. The summed E-state index contributed by atoms with van der Waals surface area (Å²) in [6.45, 7) is 1.11. The van der Waals surface area contributed by atoms with E-state index in [9.17, 15) is 28.0 Å². The third-order valence-corrected chi connectivity index (χ3v) is 4.28. The molecule has 7 nitrogen and oxygen atoms in total. The topological polar surface area (TPSA) is 92.8 Å². The molecule has 0 unspecified atom stereocenters. The minimum Gasteiger partial charge on any atom is -0.452 e. The fourth-order valence-corrected chi connectivity index (χ4v) is 2.77. The lowest BCUT2D eigenvalue weighted by Crippen LogP contribution is -2.34. The van der Waals surface area contributed by atoms with Crippen LogP contribution in [-0.2, 0) is 14.3 Å². The molecule has 3 amide bonds. The first-order chi connectivity index (χ1) is 13.8. The Bertz CT molecular complexity index is 973. The molecule has 150 valence electrons. The minimum atomic E-state index is -1.22. The number of amides is 3. The number of nitrogens with zero attached hydrogens (tertiary/aromatic N) is 1. The van der Waals surface area contributed by atoms with Crippen molar-refractivity contribution in [2.75, 3.05) is 11.9 Å². The third kappa shape index (κ3) is 4.29. The third-order valence-electron chi connectivity index (χ3n) is 4.28. The Hall–Kier alpha value is -3.62. The predicted molar refractivity (Wildman–Crippen MR) is 97.0 cm³/mol. The number of halogens is 2. The predicted octanol–water partition coefficient (Wildman–Crippen LogP) is 2.52. The van der Waals surface area contributed by atoms with E-state index in [1.165, 1.54) is 19.1 Å². The molecule has 0 fully saturated rings. The van der Waals surface area contributed by atoms with E-state index in [-0.39, 0.29) is 29.8 Å². The minimum absolute atomic E-state index is 0.00261. The normalized spacial score (nSPS) is 13.8. The van der Waals surface area contributed by atoms with E-state index in [0.29, 0.717) is 0 Å². The number of imide groups is 1. The van der Waals surface area contributed by atoms with E-state index >= 15 is 0 Å². The summed E-state index contributed by atoms with van der Waals surface area (Å²) in [4.78, 5) is 49.4. The largest absolute Gasteiger partial charge is 0.452 e. The van der Waals surface area contributed by atoms with Gasteiger partial charge in [0.25, 0.3) is 17.7 Å². The van der Waals surface area contributed by atoms with Gasteiger partial charge in [-0.25, -0.2) is 8.78 Å². The highest BCUT2D eigenvalue weighted by atomic mass is 19.2. The van der Waals surface area contributed by atoms with E-state index in [4.69, 9.17) is 4.74 Å². The lowest BCUT2D eigenvalue weighted by molar-refractivity contribution is -0.153. The van der Waals surface area contributed by atoms with Crippen LogP contribution in [0.25, 0.3) is 0 Å². The van der Waals surface area contributed by atoms with Gasteiger partial charge in [0, 0.05) is 18.3 Å². The summed E-state index contributed by atoms with van der Waals surface area (Å²) in [6, 6.07) is 9.13. The summed E-state index contributed by atoms with van der Waals surface area (Å²) in [6.07, 6.45) is -1.52. The zero-order valence-electron chi connectivity index (χ0n) is 15.3. The number of rotatable bonds is 6. The van der Waals surface area contributed by atoms with Gasteiger partial charge >= 0.3 is 5.97 Å². The van der Waals surface area contributed by atoms with Gasteiger partial charge < -0.3 is 10.1 Å². The molecule has 9 heteroatoms. The fourth-order valence-electron chi connectivity index (χ4n) is 2.77. The van der Waals surface area contributed by atoms with Crippen LogP contribution in [0.15, 0.2) is 42.5 Å². The first-order valence-corrected chi connectivity index (χ1v) is 8.68. The summed E-state index contributed by atoms with van der Waals surface area (Å²) in [7, 11) is 0. The van der Waals surface area contributed by atoms with Crippen LogP contribution in [0.3, 0.4) is 0 Å². The lowest BCUT2D eigenvalue weighted by atomic mass is 10.1. The van der Waals surface area contributed by atoms with E-state index in [1.807, 2.05) is 0 Å². The molecule has 3 rings (SSSR count). The molecule has 0 saturated heterocycles. The average molecular weight is 402 g/mol. The number of benzene rings is 2. The van der Waals surface area contributed by atoms with Gasteiger partial charge in [-0.1, -0.05) is 12.1 Å². The molecular formula is C20H16F2N2O5. The average Bonchev–Trinajstić information content (AvgIpc) is 2.93. The molecule has 0 spiro atoms. The molecule has 0 radical (unpaired) electrons.